The van der Waals surface area contributed by atoms with E-state index in [9.17, 15) is 9.59 Å². The van der Waals surface area contributed by atoms with Crippen LogP contribution in [0.15, 0.2) is 22.8 Å². The zero-order valence-electron chi connectivity index (χ0n) is 25.8. The monoisotopic (exact) mass is 524 g/mol. The third kappa shape index (κ3) is 3.46. The lowest BCUT2D eigenvalue weighted by molar-refractivity contribution is -0.320. The van der Waals surface area contributed by atoms with Gasteiger partial charge in [0.15, 0.2) is 0 Å². The SMILES string of the molecule is CC(=O)OC1(OC(C)=O)CC[C@]2(C)[C@H]3CC=C4C5=C(C(C)C)CC[C@]5(C)CC[C@@]4(C)[C@]3(C)CC[C@H]2C1(C)C. The molecule has 5 rings (SSSR count). The molecule has 0 aromatic carbocycles. The zero-order chi connectivity index (χ0) is 28.1. The van der Waals surface area contributed by atoms with Crippen molar-refractivity contribution in [3.05, 3.63) is 22.8 Å². The molecule has 0 radical (unpaired) electrons. The number of esters is 2. The number of rotatable bonds is 3. The Kier molecular flexibility index (Phi) is 6.23. The van der Waals surface area contributed by atoms with E-state index in [4.69, 9.17) is 9.47 Å². The van der Waals surface area contributed by atoms with E-state index in [-0.39, 0.29) is 28.2 Å². The fraction of sp³-hybridized carbons (Fsp3) is 0.824. The molecule has 0 unspecified atom stereocenters. The Balaban J connectivity index is 1.59. The van der Waals surface area contributed by atoms with Crippen molar-refractivity contribution in [2.24, 2.45) is 44.8 Å². The van der Waals surface area contributed by atoms with Gasteiger partial charge in [-0.25, -0.2) is 0 Å². The molecule has 212 valence electrons. The third-order valence-corrected chi connectivity index (χ3v) is 13.2. The van der Waals surface area contributed by atoms with E-state index >= 15 is 0 Å². The number of allylic oxidation sites excluding steroid dienone is 4. The zero-order valence-corrected chi connectivity index (χ0v) is 25.8. The highest BCUT2D eigenvalue weighted by Gasteiger charge is 2.71. The molecule has 4 nitrogen and oxygen atoms in total. The van der Waals surface area contributed by atoms with Crippen LogP contribution in [0.3, 0.4) is 0 Å². The van der Waals surface area contributed by atoms with E-state index in [0.29, 0.717) is 29.6 Å². The van der Waals surface area contributed by atoms with Gasteiger partial charge in [-0.15, -0.1) is 0 Å². The first-order valence-corrected chi connectivity index (χ1v) is 15.3. The number of carbonyl (C=O) groups is 2. The van der Waals surface area contributed by atoms with E-state index in [1.165, 1.54) is 39.5 Å². The van der Waals surface area contributed by atoms with Crippen molar-refractivity contribution >= 4 is 11.9 Å². The molecule has 38 heavy (non-hydrogen) atoms. The molecule has 0 amide bonds. The second-order valence-corrected chi connectivity index (χ2v) is 15.5. The van der Waals surface area contributed by atoms with Gasteiger partial charge in [-0.05, 0) is 102 Å². The van der Waals surface area contributed by atoms with Gasteiger partial charge in [0.2, 0.25) is 0 Å². The summed E-state index contributed by atoms with van der Waals surface area (Å²) in [6.45, 7) is 22.3. The maximum absolute atomic E-state index is 12.3. The Morgan fingerprint density at radius 2 is 1.47 bits per heavy atom. The Hall–Kier alpha value is -1.58. The lowest BCUT2D eigenvalue weighted by Gasteiger charge is -2.71. The van der Waals surface area contributed by atoms with Crippen LogP contribution in [0.4, 0.5) is 0 Å². The smallest absolute Gasteiger partial charge is 0.305 e. The highest BCUT2D eigenvalue weighted by Crippen LogP contribution is 2.76. The normalized spacial score (nSPS) is 42.9. The third-order valence-electron chi connectivity index (χ3n) is 13.2. The molecular weight excluding hydrogens is 472 g/mol. The Bertz CT molecular complexity index is 1090. The molecule has 0 bridgehead atoms. The standard InChI is InChI=1S/C34H52O4/c1-21(2)24-13-15-30(7)17-19-32(9)25(28(24)30)11-12-27-31(8)18-20-34(37-22(3)35,38-23(4)36)29(5,6)26(31)14-16-33(27,32)10/h11,21,26-27H,12-20H2,1-10H3/t26-,27+,30+,31-,32+,33+/m0/s1. The summed E-state index contributed by atoms with van der Waals surface area (Å²) in [4.78, 5) is 24.5. The molecule has 6 atom stereocenters. The largest absolute Gasteiger partial charge is 0.422 e. The fourth-order valence-corrected chi connectivity index (χ4v) is 11.0. The molecule has 0 aliphatic heterocycles. The predicted molar refractivity (Wildman–Crippen MR) is 151 cm³/mol. The minimum Gasteiger partial charge on any atom is -0.422 e. The Morgan fingerprint density at radius 3 is 2.05 bits per heavy atom. The predicted octanol–water partition coefficient (Wildman–Crippen LogP) is 8.55. The lowest BCUT2D eigenvalue weighted by atomic mass is 9.34. The van der Waals surface area contributed by atoms with Gasteiger partial charge >= 0.3 is 11.9 Å². The summed E-state index contributed by atoms with van der Waals surface area (Å²) in [6.07, 6.45) is 12.6. The van der Waals surface area contributed by atoms with Crippen molar-refractivity contribution in [2.75, 3.05) is 0 Å². The molecular formula is C34H52O4. The number of fused-ring (bicyclic) bond motifs is 7. The Labute approximate surface area is 231 Å². The average molecular weight is 525 g/mol. The summed E-state index contributed by atoms with van der Waals surface area (Å²) in [7, 11) is 0. The second kappa shape index (κ2) is 8.46. The number of hydrogen-bond donors (Lipinski definition) is 0. The number of hydrogen-bond acceptors (Lipinski definition) is 4. The first kappa shape index (κ1) is 28.0. The second-order valence-electron chi connectivity index (χ2n) is 15.5. The number of carbonyl (C=O) groups excluding carboxylic acids is 2. The first-order valence-electron chi connectivity index (χ1n) is 15.3. The molecule has 4 heteroatoms. The van der Waals surface area contributed by atoms with Crippen molar-refractivity contribution in [3.63, 3.8) is 0 Å². The van der Waals surface area contributed by atoms with Crippen LogP contribution in [0.2, 0.25) is 0 Å². The highest BCUT2D eigenvalue weighted by atomic mass is 16.7. The van der Waals surface area contributed by atoms with Crippen LogP contribution in [0.5, 0.6) is 0 Å². The molecule has 3 saturated carbocycles. The van der Waals surface area contributed by atoms with Crippen LogP contribution in [0, 0.1) is 44.8 Å². The average Bonchev–Trinajstić information content (AvgIpc) is 3.14. The maximum Gasteiger partial charge on any atom is 0.305 e. The van der Waals surface area contributed by atoms with Gasteiger partial charge in [0.05, 0.1) is 0 Å². The molecule has 0 aromatic rings. The molecule has 0 aromatic heterocycles. The quantitative estimate of drug-likeness (QED) is 0.274. The van der Waals surface area contributed by atoms with Crippen LogP contribution in [0.1, 0.15) is 127 Å². The summed E-state index contributed by atoms with van der Waals surface area (Å²) in [6, 6.07) is 0. The molecule has 0 spiro atoms. The molecule has 5 aliphatic rings. The van der Waals surface area contributed by atoms with Crippen LogP contribution >= 0.6 is 0 Å². The van der Waals surface area contributed by atoms with Crippen molar-refractivity contribution in [2.45, 2.75) is 133 Å². The van der Waals surface area contributed by atoms with Gasteiger partial charge in [-0.3, -0.25) is 9.59 Å². The summed E-state index contributed by atoms with van der Waals surface area (Å²) in [5.41, 5.74) is 5.48. The van der Waals surface area contributed by atoms with Gasteiger partial charge in [0.25, 0.3) is 5.79 Å². The summed E-state index contributed by atoms with van der Waals surface area (Å²) in [5, 5.41) is 0. The number of ether oxygens (including phenoxy) is 2. The van der Waals surface area contributed by atoms with Crippen LogP contribution in [0.25, 0.3) is 0 Å². The fourth-order valence-electron chi connectivity index (χ4n) is 11.0. The lowest BCUT2D eigenvalue weighted by Crippen LogP contribution is -2.67. The minimum absolute atomic E-state index is 0.0804. The van der Waals surface area contributed by atoms with E-state index in [1.54, 1.807) is 16.7 Å². The minimum atomic E-state index is -1.20. The van der Waals surface area contributed by atoms with Crippen molar-refractivity contribution in [1.29, 1.82) is 0 Å². The van der Waals surface area contributed by atoms with Gasteiger partial charge in [-0.2, -0.15) is 0 Å². The highest BCUT2D eigenvalue weighted by molar-refractivity contribution is 5.69. The van der Waals surface area contributed by atoms with Gasteiger partial charge in [0, 0.05) is 25.7 Å². The molecule has 0 heterocycles. The molecule has 3 fully saturated rings. The van der Waals surface area contributed by atoms with Crippen molar-refractivity contribution in [1.82, 2.24) is 0 Å². The Morgan fingerprint density at radius 1 is 0.842 bits per heavy atom. The summed E-state index contributed by atoms with van der Waals surface area (Å²) < 4.78 is 11.9. The molecule has 5 aliphatic carbocycles. The van der Waals surface area contributed by atoms with Crippen LogP contribution in [-0.4, -0.2) is 17.7 Å². The van der Waals surface area contributed by atoms with Crippen LogP contribution < -0.4 is 0 Å². The van der Waals surface area contributed by atoms with E-state index in [1.807, 2.05) is 0 Å². The van der Waals surface area contributed by atoms with Crippen molar-refractivity contribution < 1.29 is 19.1 Å². The van der Waals surface area contributed by atoms with E-state index in [2.05, 4.69) is 61.5 Å². The summed E-state index contributed by atoms with van der Waals surface area (Å²) >= 11 is 0. The van der Waals surface area contributed by atoms with Gasteiger partial charge < -0.3 is 9.47 Å². The topological polar surface area (TPSA) is 52.6 Å². The van der Waals surface area contributed by atoms with Gasteiger partial charge in [-0.1, -0.05) is 67.0 Å². The van der Waals surface area contributed by atoms with E-state index in [0.717, 1.165) is 25.7 Å². The van der Waals surface area contributed by atoms with Gasteiger partial charge in [0.1, 0.15) is 0 Å². The van der Waals surface area contributed by atoms with Crippen molar-refractivity contribution in [3.8, 4) is 0 Å². The van der Waals surface area contributed by atoms with Crippen LogP contribution in [-0.2, 0) is 19.1 Å². The molecule has 0 saturated heterocycles. The van der Waals surface area contributed by atoms with E-state index < -0.39 is 11.2 Å². The first-order chi connectivity index (χ1) is 17.5. The maximum atomic E-state index is 12.3. The molecule has 0 N–H and O–H groups in total. The summed E-state index contributed by atoms with van der Waals surface area (Å²) in [5.74, 6) is -0.498.